The van der Waals surface area contributed by atoms with Gasteiger partial charge < -0.3 is 15.7 Å². The Kier molecular flexibility index (Phi) is 5.43. The van der Waals surface area contributed by atoms with E-state index in [1.165, 1.54) is 0 Å². The molecule has 0 unspecified atom stereocenters. The molecule has 1 aliphatic rings. The van der Waals surface area contributed by atoms with Gasteiger partial charge in [-0.1, -0.05) is 12.8 Å². The summed E-state index contributed by atoms with van der Waals surface area (Å²) < 4.78 is 26.4. The molecule has 2 amide bonds. The third-order valence-electron chi connectivity index (χ3n) is 3.78. The van der Waals surface area contributed by atoms with E-state index >= 15 is 0 Å². The fraction of sp³-hybridized carbons (Fsp3) is 0.467. The van der Waals surface area contributed by atoms with Crippen LogP contribution >= 0.6 is 0 Å². The Morgan fingerprint density at radius 2 is 1.91 bits per heavy atom. The fourth-order valence-corrected chi connectivity index (χ4v) is 2.50. The molecule has 7 heteroatoms. The van der Waals surface area contributed by atoms with Gasteiger partial charge in [0.1, 0.15) is 11.6 Å². The van der Waals surface area contributed by atoms with E-state index < -0.39 is 35.2 Å². The largest absolute Gasteiger partial charge is 0.393 e. The van der Waals surface area contributed by atoms with Crippen LogP contribution in [-0.2, 0) is 9.59 Å². The van der Waals surface area contributed by atoms with E-state index in [1.807, 2.05) is 5.32 Å². The number of amides is 2. The fourth-order valence-electron chi connectivity index (χ4n) is 2.50. The summed E-state index contributed by atoms with van der Waals surface area (Å²) in [6.45, 7) is 0.180. The summed E-state index contributed by atoms with van der Waals surface area (Å²) in [6.07, 6.45) is 2.89. The summed E-state index contributed by atoms with van der Waals surface area (Å²) >= 11 is 0. The van der Waals surface area contributed by atoms with Crippen molar-refractivity contribution in [1.82, 2.24) is 5.32 Å². The van der Waals surface area contributed by atoms with Crippen LogP contribution in [0.1, 0.15) is 25.7 Å². The number of anilines is 1. The molecule has 0 saturated heterocycles. The van der Waals surface area contributed by atoms with Crippen molar-refractivity contribution in [3.8, 4) is 0 Å². The second-order valence-electron chi connectivity index (χ2n) is 5.40. The number of benzene rings is 1. The molecule has 0 spiro atoms. The van der Waals surface area contributed by atoms with Crippen molar-refractivity contribution in [3.05, 3.63) is 29.8 Å². The number of hydrogen-bond donors (Lipinski definition) is 3. The van der Waals surface area contributed by atoms with Gasteiger partial charge in [-0.2, -0.15) is 0 Å². The van der Waals surface area contributed by atoms with Crippen LogP contribution < -0.4 is 10.6 Å². The Balaban J connectivity index is 1.86. The summed E-state index contributed by atoms with van der Waals surface area (Å²) in [7, 11) is 0. The highest BCUT2D eigenvalue weighted by Crippen LogP contribution is 2.23. The van der Waals surface area contributed by atoms with Crippen molar-refractivity contribution in [3.63, 3.8) is 0 Å². The minimum Gasteiger partial charge on any atom is -0.393 e. The molecule has 0 aromatic heterocycles. The maximum atomic E-state index is 13.4. The molecule has 3 N–H and O–H groups in total. The van der Waals surface area contributed by atoms with E-state index in [0.29, 0.717) is 6.42 Å². The first-order chi connectivity index (χ1) is 10.5. The van der Waals surface area contributed by atoms with Crippen molar-refractivity contribution in [2.45, 2.75) is 31.8 Å². The smallest absolute Gasteiger partial charge is 0.313 e. The molecule has 120 valence electrons. The number of carbonyl (C=O) groups excluding carboxylic acids is 2. The predicted octanol–water partition coefficient (Wildman–Crippen LogP) is 1.57. The highest BCUT2D eigenvalue weighted by Gasteiger charge is 2.24. The van der Waals surface area contributed by atoms with E-state index in [4.69, 9.17) is 0 Å². The van der Waals surface area contributed by atoms with Crippen LogP contribution in [0.25, 0.3) is 0 Å². The molecule has 1 fully saturated rings. The Hall–Kier alpha value is -2.02. The molecular weight excluding hydrogens is 294 g/mol. The lowest BCUT2D eigenvalue weighted by atomic mass is 9.86. The first-order valence-electron chi connectivity index (χ1n) is 7.19. The SMILES string of the molecule is O=C(NC[C@@H]1CCCC[C@H]1O)C(=O)Nc1cc(F)ccc1F. The number of carbonyl (C=O) groups is 2. The zero-order valence-corrected chi connectivity index (χ0v) is 11.9. The van der Waals surface area contributed by atoms with E-state index in [-0.39, 0.29) is 12.5 Å². The average molecular weight is 312 g/mol. The Morgan fingerprint density at radius 1 is 1.18 bits per heavy atom. The number of nitrogens with one attached hydrogen (secondary N) is 2. The Bertz CT molecular complexity index is 566. The van der Waals surface area contributed by atoms with Crippen LogP contribution in [0.2, 0.25) is 0 Å². The Morgan fingerprint density at radius 3 is 2.64 bits per heavy atom. The van der Waals surface area contributed by atoms with Crippen molar-refractivity contribution >= 4 is 17.5 Å². The minimum atomic E-state index is -1.07. The van der Waals surface area contributed by atoms with E-state index in [2.05, 4.69) is 5.32 Å². The average Bonchev–Trinajstić information content (AvgIpc) is 2.49. The molecule has 5 nitrogen and oxygen atoms in total. The highest BCUT2D eigenvalue weighted by molar-refractivity contribution is 6.39. The topological polar surface area (TPSA) is 78.4 Å². The molecule has 1 saturated carbocycles. The van der Waals surface area contributed by atoms with E-state index in [0.717, 1.165) is 37.5 Å². The van der Waals surface area contributed by atoms with Crippen molar-refractivity contribution < 1.29 is 23.5 Å². The van der Waals surface area contributed by atoms with Crippen molar-refractivity contribution in [2.24, 2.45) is 5.92 Å². The van der Waals surface area contributed by atoms with Gasteiger partial charge in [-0.3, -0.25) is 9.59 Å². The predicted molar refractivity (Wildman–Crippen MR) is 76.0 cm³/mol. The maximum absolute atomic E-state index is 13.4. The normalized spacial score (nSPS) is 21.2. The molecule has 0 heterocycles. The van der Waals surface area contributed by atoms with Gasteiger partial charge in [0.05, 0.1) is 11.8 Å². The van der Waals surface area contributed by atoms with Gasteiger partial charge in [0, 0.05) is 18.5 Å². The zero-order valence-electron chi connectivity index (χ0n) is 11.9. The molecule has 2 atom stereocenters. The van der Waals surface area contributed by atoms with Gasteiger partial charge in [0.25, 0.3) is 0 Å². The monoisotopic (exact) mass is 312 g/mol. The molecule has 0 bridgehead atoms. The molecule has 0 radical (unpaired) electrons. The maximum Gasteiger partial charge on any atom is 0.313 e. The number of halogens is 2. The van der Waals surface area contributed by atoms with Crippen molar-refractivity contribution in [2.75, 3.05) is 11.9 Å². The first kappa shape index (κ1) is 16.4. The summed E-state index contributed by atoms with van der Waals surface area (Å²) in [5.41, 5.74) is -0.391. The van der Waals surface area contributed by atoms with Crippen molar-refractivity contribution in [1.29, 1.82) is 0 Å². The number of aliphatic hydroxyl groups is 1. The van der Waals surface area contributed by atoms with Crippen LogP contribution in [0.4, 0.5) is 14.5 Å². The lowest BCUT2D eigenvalue weighted by Crippen LogP contribution is -2.41. The molecule has 1 aliphatic carbocycles. The standard InChI is InChI=1S/C15H18F2N2O3/c16-10-5-6-11(17)12(7-10)19-15(22)14(21)18-8-9-3-1-2-4-13(9)20/h5-7,9,13,20H,1-4,8H2,(H,18,21)(H,19,22)/t9-,13+/m0/s1. The molecule has 22 heavy (non-hydrogen) atoms. The summed E-state index contributed by atoms with van der Waals surface area (Å²) in [4.78, 5) is 23.3. The second-order valence-corrected chi connectivity index (χ2v) is 5.40. The summed E-state index contributed by atoms with van der Waals surface area (Å²) in [5, 5.41) is 14.2. The van der Waals surface area contributed by atoms with Gasteiger partial charge >= 0.3 is 11.8 Å². The quantitative estimate of drug-likeness (QED) is 0.741. The third kappa shape index (κ3) is 4.24. The Labute approximate surface area is 126 Å². The van der Waals surface area contributed by atoms with Crippen LogP contribution in [0.5, 0.6) is 0 Å². The summed E-state index contributed by atoms with van der Waals surface area (Å²) in [6, 6.07) is 2.57. The third-order valence-corrected chi connectivity index (χ3v) is 3.78. The van der Waals surface area contributed by atoms with Crippen LogP contribution in [-0.4, -0.2) is 29.6 Å². The van der Waals surface area contributed by atoms with Crippen LogP contribution in [0.15, 0.2) is 18.2 Å². The molecule has 2 rings (SSSR count). The first-order valence-corrected chi connectivity index (χ1v) is 7.19. The van der Waals surface area contributed by atoms with Gasteiger partial charge in [-0.15, -0.1) is 0 Å². The number of aliphatic hydroxyl groups excluding tert-OH is 1. The van der Waals surface area contributed by atoms with Gasteiger partial charge in [-0.05, 0) is 25.0 Å². The molecule has 1 aromatic carbocycles. The minimum absolute atomic E-state index is 0.0867. The number of hydrogen-bond acceptors (Lipinski definition) is 3. The van der Waals surface area contributed by atoms with Gasteiger partial charge in [-0.25, -0.2) is 8.78 Å². The van der Waals surface area contributed by atoms with Crippen LogP contribution in [0, 0.1) is 17.6 Å². The molecule has 0 aliphatic heterocycles. The summed E-state index contributed by atoms with van der Waals surface area (Å²) in [5.74, 6) is -3.65. The van der Waals surface area contributed by atoms with Gasteiger partial charge in [0.2, 0.25) is 0 Å². The lowest BCUT2D eigenvalue weighted by molar-refractivity contribution is -0.136. The second kappa shape index (κ2) is 7.31. The zero-order chi connectivity index (χ0) is 16.1. The number of rotatable bonds is 3. The molecule has 1 aromatic rings. The van der Waals surface area contributed by atoms with Gasteiger partial charge in [0.15, 0.2) is 0 Å². The lowest BCUT2D eigenvalue weighted by Gasteiger charge is -2.27. The van der Waals surface area contributed by atoms with E-state index in [1.54, 1.807) is 0 Å². The van der Waals surface area contributed by atoms with Crippen LogP contribution in [0.3, 0.4) is 0 Å². The molecular formula is C15H18F2N2O3. The van der Waals surface area contributed by atoms with E-state index in [9.17, 15) is 23.5 Å². The highest BCUT2D eigenvalue weighted by atomic mass is 19.1.